The van der Waals surface area contributed by atoms with Crippen molar-refractivity contribution in [1.29, 1.82) is 0 Å². The van der Waals surface area contributed by atoms with Crippen molar-refractivity contribution < 1.29 is 4.74 Å². The Bertz CT molecular complexity index is 1110. The Morgan fingerprint density at radius 3 is 2.90 bits per heavy atom. The number of thiophene rings is 1. The molecule has 0 aliphatic carbocycles. The van der Waals surface area contributed by atoms with Crippen LogP contribution in [0.2, 0.25) is 0 Å². The first-order chi connectivity index (χ1) is 14.8. The van der Waals surface area contributed by atoms with Crippen LogP contribution in [0.1, 0.15) is 18.7 Å². The van der Waals surface area contributed by atoms with Gasteiger partial charge in [0.25, 0.3) is 0 Å². The van der Waals surface area contributed by atoms with Gasteiger partial charge in [-0.25, -0.2) is 15.0 Å². The summed E-state index contributed by atoms with van der Waals surface area (Å²) < 4.78 is 7.28. The molecule has 4 heterocycles. The monoisotopic (exact) mass is 420 g/mol. The molecule has 1 aliphatic heterocycles. The smallest absolute Gasteiger partial charge is 0.158 e. The number of anilines is 1. The van der Waals surface area contributed by atoms with Crippen molar-refractivity contribution in [2.24, 2.45) is 5.92 Å². The minimum atomic E-state index is 0.414. The lowest BCUT2D eigenvalue weighted by Gasteiger charge is -2.34. The minimum absolute atomic E-state index is 0.414. The molecule has 0 amide bonds. The molecule has 154 valence electrons. The average Bonchev–Trinajstić information content (AvgIpc) is 3.44. The SMILES string of the molecule is COCc1nc(N2CCCC(Cn3cncn3)C2)c2c(-c3ccccc3)csc2n1. The molecule has 0 saturated carbocycles. The van der Waals surface area contributed by atoms with Gasteiger partial charge in [0.2, 0.25) is 0 Å². The van der Waals surface area contributed by atoms with E-state index in [1.807, 2.05) is 10.7 Å². The average molecular weight is 421 g/mol. The van der Waals surface area contributed by atoms with Gasteiger partial charge >= 0.3 is 0 Å². The van der Waals surface area contributed by atoms with Gasteiger partial charge in [0.05, 0.1) is 5.39 Å². The summed E-state index contributed by atoms with van der Waals surface area (Å²) in [5.41, 5.74) is 2.40. The largest absolute Gasteiger partial charge is 0.377 e. The number of benzene rings is 1. The maximum Gasteiger partial charge on any atom is 0.158 e. The molecule has 1 unspecified atom stereocenters. The molecule has 1 aromatic carbocycles. The van der Waals surface area contributed by atoms with Crippen LogP contribution in [-0.2, 0) is 17.9 Å². The predicted molar refractivity (Wildman–Crippen MR) is 119 cm³/mol. The summed E-state index contributed by atoms with van der Waals surface area (Å²) in [6.45, 7) is 3.24. The van der Waals surface area contributed by atoms with Gasteiger partial charge in [-0.1, -0.05) is 30.3 Å². The Hall–Kier alpha value is -2.84. The highest BCUT2D eigenvalue weighted by molar-refractivity contribution is 7.17. The first-order valence-corrected chi connectivity index (χ1v) is 11.1. The van der Waals surface area contributed by atoms with Gasteiger partial charge in [-0.05, 0) is 24.3 Å². The van der Waals surface area contributed by atoms with Crippen LogP contribution in [-0.4, -0.2) is 44.9 Å². The molecule has 5 rings (SSSR count). The molecule has 3 aromatic heterocycles. The van der Waals surface area contributed by atoms with E-state index in [2.05, 4.69) is 44.6 Å². The summed E-state index contributed by atoms with van der Waals surface area (Å²) in [5, 5.41) is 7.63. The van der Waals surface area contributed by atoms with E-state index in [9.17, 15) is 0 Å². The van der Waals surface area contributed by atoms with Crippen LogP contribution in [0.15, 0.2) is 48.4 Å². The maximum atomic E-state index is 5.34. The Morgan fingerprint density at radius 2 is 2.10 bits per heavy atom. The molecule has 1 aliphatic rings. The quantitative estimate of drug-likeness (QED) is 0.469. The molecule has 0 radical (unpaired) electrons. The Morgan fingerprint density at radius 1 is 1.20 bits per heavy atom. The zero-order valence-corrected chi connectivity index (χ0v) is 17.8. The topological polar surface area (TPSA) is 69.0 Å². The second-order valence-electron chi connectivity index (χ2n) is 7.66. The van der Waals surface area contributed by atoms with E-state index >= 15 is 0 Å². The lowest BCUT2D eigenvalue weighted by atomic mass is 9.97. The molecule has 4 aromatic rings. The van der Waals surface area contributed by atoms with Gasteiger partial charge in [0.1, 0.15) is 29.9 Å². The zero-order chi connectivity index (χ0) is 20.3. The van der Waals surface area contributed by atoms with E-state index < -0.39 is 0 Å². The van der Waals surface area contributed by atoms with Gasteiger partial charge in [0.15, 0.2) is 5.82 Å². The third-order valence-corrected chi connectivity index (χ3v) is 6.42. The van der Waals surface area contributed by atoms with E-state index in [4.69, 9.17) is 14.7 Å². The van der Waals surface area contributed by atoms with Crippen LogP contribution < -0.4 is 4.90 Å². The van der Waals surface area contributed by atoms with Gasteiger partial charge < -0.3 is 9.64 Å². The number of piperidine rings is 1. The van der Waals surface area contributed by atoms with Crippen molar-refractivity contribution in [1.82, 2.24) is 24.7 Å². The third-order valence-electron chi connectivity index (χ3n) is 5.55. The lowest BCUT2D eigenvalue weighted by Crippen LogP contribution is -2.38. The van der Waals surface area contributed by atoms with Crippen molar-refractivity contribution >= 4 is 27.4 Å². The van der Waals surface area contributed by atoms with E-state index in [1.165, 1.54) is 17.5 Å². The summed E-state index contributed by atoms with van der Waals surface area (Å²) in [4.78, 5) is 17.3. The fraction of sp³-hybridized carbons (Fsp3) is 0.364. The van der Waals surface area contributed by atoms with Gasteiger partial charge in [-0.2, -0.15) is 5.10 Å². The van der Waals surface area contributed by atoms with Crippen LogP contribution >= 0.6 is 11.3 Å². The van der Waals surface area contributed by atoms with Crippen molar-refractivity contribution in [3.05, 3.63) is 54.2 Å². The van der Waals surface area contributed by atoms with Crippen LogP contribution in [0.25, 0.3) is 21.3 Å². The Balaban J connectivity index is 1.55. The Labute approximate surface area is 179 Å². The molecule has 1 fully saturated rings. The zero-order valence-electron chi connectivity index (χ0n) is 16.9. The van der Waals surface area contributed by atoms with Crippen LogP contribution in [0, 0.1) is 5.92 Å². The number of hydrogen-bond acceptors (Lipinski definition) is 7. The van der Waals surface area contributed by atoms with E-state index in [1.54, 1.807) is 31.1 Å². The first kappa shape index (κ1) is 19.1. The van der Waals surface area contributed by atoms with Crippen molar-refractivity contribution in [3.8, 4) is 11.1 Å². The summed E-state index contributed by atoms with van der Waals surface area (Å²) in [5.74, 6) is 2.27. The number of aromatic nitrogens is 5. The molecule has 0 spiro atoms. The molecule has 0 N–H and O–H groups in total. The molecule has 1 atom stereocenters. The fourth-order valence-corrected chi connectivity index (χ4v) is 5.18. The van der Waals surface area contributed by atoms with Crippen molar-refractivity contribution in [2.45, 2.75) is 26.0 Å². The second kappa shape index (κ2) is 8.49. The normalized spacial score (nSPS) is 17.0. The van der Waals surface area contributed by atoms with Crippen LogP contribution in [0.4, 0.5) is 5.82 Å². The Kier molecular flexibility index (Phi) is 5.42. The van der Waals surface area contributed by atoms with E-state index in [-0.39, 0.29) is 0 Å². The number of nitrogens with zero attached hydrogens (tertiary/aromatic N) is 6. The van der Waals surface area contributed by atoms with Crippen LogP contribution in [0.3, 0.4) is 0 Å². The first-order valence-electron chi connectivity index (χ1n) is 10.2. The molecule has 0 bridgehead atoms. The van der Waals surface area contributed by atoms with Gasteiger partial charge in [-0.3, -0.25) is 4.68 Å². The molecule has 8 heteroatoms. The summed E-state index contributed by atoms with van der Waals surface area (Å²) in [6.07, 6.45) is 5.72. The highest BCUT2D eigenvalue weighted by atomic mass is 32.1. The lowest BCUT2D eigenvalue weighted by molar-refractivity contribution is 0.178. The summed E-state index contributed by atoms with van der Waals surface area (Å²) in [7, 11) is 1.69. The van der Waals surface area contributed by atoms with Gasteiger partial charge in [-0.15, -0.1) is 11.3 Å². The number of hydrogen-bond donors (Lipinski definition) is 0. The number of ether oxygens (including phenoxy) is 1. The van der Waals surface area contributed by atoms with Crippen molar-refractivity contribution in [3.63, 3.8) is 0 Å². The second-order valence-corrected chi connectivity index (χ2v) is 8.52. The minimum Gasteiger partial charge on any atom is -0.377 e. The van der Waals surface area contributed by atoms with E-state index in [0.717, 1.165) is 47.9 Å². The van der Waals surface area contributed by atoms with Crippen molar-refractivity contribution in [2.75, 3.05) is 25.1 Å². The molecular weight excluding hydrogens is 396 g/mol. The highest BCUT2D eigenvalue weighted by Crippen LogP contribution is 2.39. The number of methoxy groups -OCH3 is 1. The maximum absolute atomic E-state index is 5.34. The van der Waals surface area contributed by atoms with E-state index in [0.29, 0.717) is 12.5 Å². The summed E-state index contributed by atoms with van der Waals surface area (Å²) in [6, 6.07) is 10.5. The number of rotatable bonds is 6. The predicted octanol–water partition coefficient (Wildman–Crippen LogP) is 4.01. The molecule has 30 heavy (non-hydrogen) atoms. The molecule has 7 nitrogen and oxygen atoms in total. The number of fused-ring (bicyclic) bond motifs is 1. The fourth-order valence-electron chi connectivity index (χ4n) is 4.22. The highest BCUT2D eigenvalue weighted by Gasteiger charge is 2.25. The van der Waals surface area contributed by atoms with Crippen LogP contribution in [0.5, 0.6) is 0 Å². The standard InChI is InChI=1S/C22H24N6OS/c1-29-12-19-25-21(27-9-5-6-16(10-27)11-28-15-23-14-24-28)20-18(13-30-22(20)26-19)17-7-3-2-4-8-17/h2-4,7-8,13-16H,5-6,9-12H2,1H3. The van der Waals surface area contributed by atoms with Gasteiger partial charge in [0, 0.05) is 37.7 Å². The third kappa shape index (κ3) is 3.80. The molecular formula is C22H24N6OS. The summed E-state index contributed by atoms with van der Waals surface area (Å²) >= 11 is 1.68. The molecule has 1 saturated heterocycles.